The number of pyridine rings is 1. The van der Waals surface area contributed by atoms with Crippen LogP contribution in [-0.4, -0.2) is 16.3 Å². The number of hydrogen-bond donors (Lipinski definition) is 1. The average Bonchev–Trinajstić information content (AvgIpc) is 2.64. The van der Waals surface area contributed by atoms with E-state index in [2.05, 4.69) is 46.4 Å². The van der Waals surface area contributed by atoms with Crippen LogP contribution in [0.25, 0.3) is 0 Å². The number of aromatic nitrogens is 1. The van der Waals surface area contributed by atoms with Gasteiger partial charge in [0.05, 0.1) is 22.5 Å². The second-order valence-electron chi connectivity index (χ2n) is 5.01. The molecule has 0 aromatic carbocycles. The molecular weight excluding hydrogens is 300 g/mol. The largest absolute Gasteiger partial charge is 0.490 e. The molecule has 1 aliphatic heterocycles. The van der Waals surface area contributed by atoms with E-state index in [1.807, 2.05) is 6.07 Å². The Kier molecular flexibility index (Phi) is 4.00. The summed E-state index contributed by atoms with van der Waals surface area (Å²) in [5, 5.41) is 0. The molecule has 0 bridgehead atoms. The quantitative estimate of drug-likeness (QED) is 0.867. The Bertz CT molecular complexity index is 418. The fraction of sp³-hybridized carbons (Fsp3) is 0.583. The minimum absolute atomic E-state index is 0.219. The first-order chi connectivity index (χ1) is 7.96. The predicted octanol–water partition coefficient (Wildman–Crippen LogP) is 3.32. The molecule has 0 saturated heterocycles. The monoisotopic (exact) mass is 316 g/mol. The zero-order chi connectivity index (χ0) is 12.5. The Hall–Kier alpha value is -0.260. The third-order valence-corrected chi connectivity index (χ3v) is 3.76. The van der Waals surface area contributed by atoms with Crippen molar-refractivity contribution in [1.29, 1.82) is 0 Å². The SMILES string of the molecule is CC(C)(C)SNCc1cc(Br)c2c(n1)CCO2. The highest BCUT2D eigenvalue weighted by atomic mass is 79.9. The van der Waals surface area contributed by atoms with Crippen molar-refractivity contribution < 1.29 is 4.74 Å². The molecule has 17 heavy (non-hydrogen) atoms. The Balaban J connectivity index is 2.00. The lowest BCUT2D eigenvalue weighted by molar-refractivity contribution is 0.355. The predicted molar refractivity (Wildman–Crippen MR) is 75.3 cm³/mol. The molecule has 1 aromatic heterocycles. The van der Waals surface area contributed by atoms with Crippen LogP contribution in [0.4, 0.5) is 0 Å². The maximum absolute atomic E-state index is 5.51. The van der Waals surface area contributed by atoms with Gasteiger partial charge in [-0.1, -0.05) is 11.9 Å². The number of hydrogen-bond acceptors (Lipinski definition) is 4. The van der Waals surface area contributed by atoms with Crippen LogP contribution >= 0.6 is 27.9 Å². The Morgan fingerprint density at radius 2 is 2.29 bits per heavy atom. The molecule has 0 spiro atoms. The molecule has 0 saturated carbocycles. The zero-order valence-electron chi connectivity index (χ0n) is 10.3. The van der Waals surface area contributed by atoms with Gasteiger partial charge in [0.1, 0.15) is 0 Å². The van der Waals surface area contributed by atoms with Gasteiger partial charge in [-0.2, -0.15) is 0 Å². The molecule has 1 N–H and O–H groups in total. The van der Waals surface area contributed by atoms with E-state index in [1.54, 1.807) is 11.9 Å². The van der Waals surface area contributed by atoms with E-state index in [9.17, 15) is 0 Å². The first-order valence-electron chi connectivity index (χ1n) is 5.68. The zero-order valence-corrected chi connectivity index (χ0v) is 12.7. The number of nitrogens with one attached hydrogen (secondary N) is 1. The van der Waals surface area contributed by atoms with E-state index in [4.69, 9.17) is 4.74 Å². The maximum Gasteiger partial charge on any atom is 0.155 e. The molecule has 1 aromatic rings. The van der Waals surface area contributed by atoms with Gasteiger partial charge < -0.3 is 4.74 Å². The van der Waals surface area contributed by atoms with Gasteiger partial charge in [0.2, 0.25) is 0 Å². The van der Waals surface area contributed by atoms with E-state index in [0.717, 1.165) is 41.2 Å². The Morgan fingerprint density at radius 3 is 3.00 bits per heavy atom. The summed E-state index contributed by atoms with van der Waals surface area (Å²) in [6.07, 6.45) is 0.911. The normalized spacial score (nSPS) is 14.6. The molecule has 0 fully saturated rings. The smallest absolute Gasteiger partial charge is 0.155 e. The summed E-state index contributed by atoms with van der Waals surface area (Å²) in [6, 6.07) is 2.03. The van der Waals surface area contributed by atoms with Crippen molar-refractivity contribution in [2.75, 3.05) is 6.61 Å². The highest BCUT2D eigenvalue weighted by Gasteiger charge is 2.18. The van der Waals surface area contributed by atoms with Crippen molar-refractivity contribution in [3.05, 3.63) is 21.9 Å². The molecule has 2 rings (SSSR count). The summed E-state index contributed by atoms with van der Waals surface area (Å²) in [7, 11) is 0. The third-order valence-electron chi connectivity index (χ3n) is 2.27. The van der Waals surface area contributed by atoms with Gasteiger partial charge >= 0.3 is 0 Å². The van der Waals surface area contributed by atoms with Gasteiger partial charge in [0.15, 0.2) is 5.75 Å². The van der Waals surface area contributed by atoms with Crippen molar-refractivity contribution in [2.24, 2.45) is 0 Å². The van der Waals surface area contributed by atoms with E-state index in [0.29, 0.717) is 0 Å². The van der Waals surface area contributed by atoms with E-state index in [-0.39, 0.29) is 4.75 Å². The van der Waals surface area contributed by atoms with Crippen molar-refractivity contribution >= 4 is 27.9 Å². The number of rotatable bonds is 3. The third kappa shape index (κ3) is 3.60. The van der Waals surface area contributed by atoms with Gasteiger partial charge in [0.25, 0.3) is 0 Å². The second kappa shape index (κ2) is 5.16. The minimum Gasteiger partial charge on any atom is -0.490 e. The topological polar surface area (TPSA) is 34.2 Å². The summed E-state index contributed by atoms with van der Waals surface area (Å²) in [6.45, 7) is 8.07. The molecule has 0 aliphatic carbocycles. The molecule has 2 heterocycles. The summed E-state index contributed by atoms with van der Waals surface area (Å²) in [4.78, 5) is 4.60. The molecule has 1 aliphatic rings. The first kappa shape index (κ1) is 13.2. The molecule has 0 unspecified atom stereocenters. The highest BCUT2D eigenvalue weighted by Crippen LogP contribution is 2.33. The van der Waals surface area contributed by atoms with Gasteiger partial charge in [-0.25, -0.2) is 0 Å². The van der Waals surface area contributed by atoms with Gasteiger partial charge in [0, 0.05) is 17.7 Å². The van der Waals surface area contributed by atoms with Crippen LogP contribution in [0.2, 0.25) is 0 Å². The van der Waals surface area contributed by atoms with E-state index in [1.165, 1.54) is 0 Å². The van der Waals surface area contributed by atoms with Crippen LogP contribution in [0.1, 0.15) is 32.2 Å². The number of halogens is 1. The standard InChI is InChI=1S/C12H17BrN2OS/c1-12(2,3)17-14-7-8-6-9(13)11-10(15-8)4-5-16-11/h6,14H,4-5,7H2,1-3H3. The summed E-state index contributed by atoms with van der Waals surface area (Å²) < 4.78 is 10.1. The number of ether oxygens (including phenoxy) is 1. The molecule has 5 heteroatoms. The van der Waals surface area contributed by atoms with Crippen molar-refractivity contribution in [1.82, 2.24) is 9.71 Å². The summed E-state index contributed by atoms with van der Waals surface area (Å²) in [5.41, 5.74) is 2.12. The van der Waals surface area contributed by atoms with Crippen molar-refractivity contribution in [2.45, 2.75) is 38.5 Å². The summed E-state index contributed by atoms with van der Waals surface area (Å²) >= 11 is 5.26. The molecule has 0 radical (unpaired) electrons. The molecular formula is C12H17BrN2OS. The van der Waals surface area contributed by atoms with Gasteiger partial charge in [-0.3, -0.25) is 9.71 Å². The van der Waals surface area contributed by atoms with Gasteiger partial charge in [-0.15, -0.1) is 0 Å². The minimum atomic E-state index is 0.219. The molecule has 0 amide bonds. The average molecular weight is 317 g/mol. The molecule has 3 nitrogen and oxygen atoms in total. The summed E-state index contributed by atoms with van der Waals surface area (Å²) in [5.74, 6) is 0.914. The Morgan fingerprint density at radius 1 is 1.53 bits per heavy atom. The van der Waals surface area contributed by atoms with Crippen LogP contribution in [0, 0.1) is 0 Å². The molecule has 94 valence electrons. The van der Waals surface area contributed by atoms with Crippen LogP contribution in [0.5, 0.6) is 5.75 Å². The van der Waals surface area contributed by atoms with E-state index < -0.39 is 0 Å². The Labute approximate surface area is 115 Å². The van der Waals surface area contributed by atoms with Crippen molar-refractivity contribution in [3.8, 4) is 5.75 Å². The van der Waals surface area contributed by atoms with Crippen LogP contribution in [-0.2, 0) is 13.0 Å². The first-order valence-corrected chi connectivity index (χ1v) is 7.28. The number of nitrogens with zero attached hydrogens (tertiary/aromatic N) is 1. The number of fused-ring (bicyclic) bond motifs is 1. The van der Waals surface area contributed by atoms with Crippen molar-refractivity contribution in [3.63, 3.8) is 0 Å². The van der Waals surface area contributed by atoms with Crippen LogP contribution in [0.3, 0.4) is 0 Å². The van der Waals surface area contributed by atoms with Gasteiger partial charge in [-0.05, 0) is 42.8 Å². The molecule has 0 atom stereocenters. The highest BCUT2D eigenvalue weighted by molar-refractivity contribution is 9.10. The maximum atomic E-state index is 5.51. The van der Waals surface area contributed by atoms with Crippen LogP contribution in [0.15, 0.2) is 10.5 Å². The van der Waals surface area contributed by atoms with Crippen LogP contribution < -0.4 is 9.46 Å². The second-order valence-corrected chi connectivity index (χ2v) is 7.58. The lowest BCUT2D eigenvalue weighted by Crippen LogP contribution is -2.17. The lowest BCUT2D eigenvalue weighted by atomic mass is 10.2. The fourth-order valence-electron chi connectivity index (χ4n) is 1.59. The van der Waals surface area contributed by atoms with E-state index >= 15 is 0 Å². The lowest BCUT2D eigenvalue weighted by Gasteiger charge is -2.17. The fourth-order valence-corrected chi connectivity index (χ4v) is 2.86.